The molecule has 1 heterocycles. The number of rotatable bonds is 7. The first-order valence-corrected chi connectivity index (χ1v) is 8.40. The number of carbonyl (C=O) groups excluding carboxylic acids is 1. The summed E-state index contributed by atoms with van der Waals surface area (Å²) >= 11 is 0. The number of hydrogen-bond acceptors (Lipinski definition) is 4. The van der Waals surface area contributed by atoms with Gasteiger partial charge in [-0.1, -0.05) is 27.7 Å². The molecule has 0 aliphatic carbocycles. The first-order chi connectivity index (χ1) is 11.0. The zero-order valence-electron chi connectivity index (χ0n) is 14.5. The maximum atomic E-state index is 12.7. The minimum absolute atomic E-state index is 0.0229. The van der Waals surface area contributed by atoms with Crippen LogP contribution < -0.4 is 14.4 Å². The Labute approximate surface area is 138 Å². The van der Waals surface area contributed by atoms with E-state index in [9.17, 15) is 9.90 Å². The van der Waals surface area contributed by atoms with Gasteiger partial charge < -0.3 is 19.5 Å². The third-order valence-electron chi connectivity index (χ3n) is 3.75. The molecule has 1 aliphatic heterocycles. The lowest BCUT2D eigenvalue weighted by Crippen LogP contribution is -2.47. The average molecular weight is 321 g/mol. The second kappa shape index (κ2) is 7.68. The number of aliphatic hydroxyl groups excluding tert-OH is 1. The molecule has 5 heteroatoms. The van der Waals surface area contributed by atoms with Crippen molar-refractivity contribution in [2.75, 3.05) is 18.1 Å². The van der Waals surface area contributed by atoms with Gasteiger partial charge in [-0.2, -0.15) is 0 Å². The molecule has 0 saturated heterocycles. The molecule has 1 atom stereocenters. The van der Waals surface area contributed by atoms with E-state index in [0.29, 0.717) is 42.7 Å². The number of benzene rings is 1. The standard InChI is InChI=1S/C18H27NO4/c1-5-7-22-16-9-13(11-20)8-14-17(16)23-15(6-2)18(21)19(14)10-12(3)4/h8-9,12,15,20H,5-7,10-11H2,1-4H3. The van der Waals surface area contributed by atoms with Crippen molar-refractivity contribution in [1.82, 2.24) is 0 Å². The zero-order chi connectivity index (χ0) is 17.0. The van der Waals surface area contributed by atoms with E-state index in [4.69, 9.17) is 9.47 Å². The largest absolute Gasteiger partial charge is 0.490 e. The van der Waals surface area contributed by atoms with Crippen LogP contribution in [0.3, 0.4) is 0 Å². The van der Waals surface area contributed by atoms with E-state index in [-0.39, 0.29) is 12.5 Å². The van der Waals surface area contributed by atoms with Crippen molar-refractivity contribution in [2.45, 2.75) is 53.2 Å². The lowest BCUT2D eigenvalue weighted by molar-refractivity contribution is -0.126. The molecular weight excluding hydrogens is 294 g/mol. The van der Waals surface area contributed by atoms with Crippen molar-refractivity contribution in [3.8, 4) is 11.5 Å². The second-order valence-corrected chi connectivity index (χ2v) is 6.31. The van der Waals surface area contributed by atoms with Crippen LogP contribution in [0.25, 0.3) is 0 Å². The van der Waals surface area contributed by atoms with Gasteiger partial charge in [0.25, 0.3) is 5.91 Å². The van der Waals surface area contributed by atoms with Gasteiger partial charge in [0.2, 0.25) is 0 Å². The zero-order valence-corrected chi connectivity index (χ0v) is 14.5. The molecule has 0 radical (unpaired) electrons. The number of fused-ring (bicyclic) bond motifs is 1. The second-order valence-electron chi connectivity index (χ2n) is 6.31. The predicted molar refractivity (Wildman–Crippen MR) is 90.0 cm³/mol. The van der Waals surface area contributed by atoms with Crippen LogP contribution in [-0.2, 0) is 11.4 Å². The molecule has 2 rings (SSSR count). The number of amides is 1. The Kier molecular flexibility index (Phi) is 5.88. The van der Waals surface area contributed by atoms with E-state index in [1.54, 1.807) is 11.0 Å². The summed E-state index contributed by atoms with van der Waals surface area (Å²) in [6.45, 7) is 9.22. The van der Waals surface area contributed by atoms with Crippen LogP contribution >= 0.6 is 0 Å². The van der Waals surface area contributed by atoms with Gasteiger partial charge in [-0.05, 0) is 36.5 Å². The van der Waals surface area contributed by atoms with Crippen molar-refractivity contribution < 1.29 is 19.4 Å². The molecule has 0 bridgehead atoms. The number of hydrogen-bond donors (Lipinski definition) is 1. The summed E-state index contributed by atoms with van der Waals surface area (Å²) in [6, 6.07) is 3.62. The van der Waals surface area contributed by atoms with Crippen molar-refractivity contribution in [3.63, 3.8) is 0 Å². The summed E-state index contributed by atoms with van der Waals surface area (Å²) in [4.78, 5) is 14.5. The van der Waals surface area contributed by atoms with E-state index >= 15 is 0 Å². The Morgan fingerprint density at radius 2 is 2.09 bits per heavy atom. The van der Waals surface area contributed by atoms with Gasteiger partial charge in [-0.25, -0.2) is 0 Å². The predicted octanol–water partition coefficient (Wildman–Crippen LogP) is 3.13. The highest BCUT2D eigenvalue weighted by Gasteiger charge is 2.35. The monoisotopic (exact) mass is 321 g/mol. The Morgan fingerprint density at radius 1 is 1.35 bits per heavy atom. The highest BCUT2D eigenvalue weighted by Crippen LogP contribution is 2.43. The molecule has 1 aliphatic rings. The summed E-state index contributed by atoms with van der Waals surface area (Å²) in [6.07, 6.45) is 1.01. The highest BCUT2D eigenvalue weighted by atomic mass is 16.5. The molecule has 0 saturated carbocycles. The fourth-order valence-corrected chi connectivity index (χ4v) is 2.67. The fraction of sp³-hybridized carbons (Fsp3) is 0.611. The Bertz CT molecular complexity index is 556. The van der Waals surface area contributed by atoms with Crippen LogP contribution in [0.15, 0.2) is 12.1 Å². The van der Waals surface area contributed by atoms with Crippen LogP contribution in [0.1, 0.15) is 46.1 Å². The lowest BCUT2D eigenvalue weighted by atomic mass is 10.1. The quantitative estimate of drug-likeness (QED) is 0.838. The van der Waals surface area contributed by atoms with Crippen LogP contribution in [0.2, 0.25) is 0 Å². The summed E-state index contributed by atoms with van der Waals surface area (Å²) in [5.41, 5.74) is 1.42. The molecule has 128 valence electrons. The molecule has 23 heavy (non-hydrogen) atoms. The minimum atomic E-state index is -0.481. The first kappa shape index (κ1) is 17.6. The SMILES string of the molecule is CCCOc1cc(CO)cc2c1OC(CC)C(=O)N2CC(C)C. The number of aliphatic hydroxyl groups is 1. The van der Waals surface area contributed by atoms with Gasteiger partial charge in [0, 0.05) is 6.54 Å². The summed E-state index contributed by atoms with van der Waals surface area (Å²) in [5, 5.41) is 9.52. The smallest absolute Gasteiger partial charge is 0.268 e. The van der Waals surface area contributed by atoms with Crippen LogP contribution in [0.4, 0.5) is 5.69 Å². The van der Waals surface area contributed by atoms with Gasteiger partial charge in [0.15, 0.2) is 17.6 Å². The molecule has 5 nitrogen and oxygen atoms in total. The third kappa shape index (κ3) is 3.78. The van der Waals surface area contributed by atoms with Crippen LogP contribution in [-0.4, -0.2) is 30.3 Å². The van der Waals surface area contributed by atoms with E-state index in [1.165, 1.54) is 0 Å². The van der Waals surface area contributed by atoms with Gasteiger partial charge in [-0.3, -0.25) is 4.79 Å². The van der Waals surface area contributed by atoms with Gasteiger partial charge >= 0.3 is 0 Å². The molecule has 1 aromatic rings. The highest BCUT2D eigenvalue weighted by molar-refractivity contribution is 6.00. The van der Waals surface area contributed by atoms with Crippen molar-refractivity contribution in [1.29, 1.82) is 0 Å². The van der Waals surface area contributed by atoms with E-state index in [1.807, 2.05) is 19.9 Å². The molecule has 1 unspecified atom stereocenters. The van der Waals surface area contributed by atoms with Crippen LogP contribution in [0, 0.1) is 5.92 Å². The minimum Gasteiger partial charge on any atom is -0.490 e. The number of anilines is 1. The fourth-order valence-electron chi connectivity index (χ4n) is 2.67. The molecule has 0 fully saturated rings. The number of nitrogens with zero attached hydrogens (tertiary/aromatic N) is 1. The summed E-state index contributed by atoms with van der Waals surface area (Å²) < 4.78 is 11.7. The van der Waals surface area contributed by atoms with Gasteiger partial charge in [0.1, 0.15) is 0 Å². The summed E-state index contributed by atoms with van der Waals surface area (Å²) in [7, 11) is 0. The average Bonchev–Trinajstić information content (AvgIpc) is 2.54. The van der Waals surface area contributed by atoms with E-state index in [2.05, 4.69) is 13.8 Å². The Hall–Kier alpha value is -1.75. The number of ether oxygens (including phenoxy) is 2. The molecule has 0 spiro atoms. The van der Waals surface area contributed by atoms with Gasteiger partial charge in [-0.15, -0.1) is 0 Å². The Morgan fingerprint density at radius 3 is 2.65 bits per heavy atom. The summed E-state index contributed by atoms with van der Waals surface area (Å²) in [5.74, 6) is 1.53. The molecule has 1 aromatic carbocycles. The van der Waals surface area contributed by atoms with Crippen molar-refractivity contribution in [3.05, 3.63) is 17.7 Å². The molecule has 0 aromatic heterocycles. The van der Waals surface area contributed by atoms with Crippen molar-refractivity contribution in [2.24, 2.45) is 5.92 Å². The maximum Gasteiger partial charge on any atom is 0.268 e. The van der Waals surface area contributed by atoms with Crippen LogP contribution in [0.5, 0.6) is 11.5 Å². The lowest BCUT2D eigenvalue weighted by Gasteiger charge is -2.36. The van der Waals surface area contributed by atoms with E-state index in [0.717, 1.165) is 12.0 Å². The molecular formula is C18H27NO4. The number of carbonyl (C=O) groups is 1. The third-order valence-corrected chi connectivity index (χ3v) is 3.75. The Balaban J connectivity index is 2.51. The van der Waals surface area contributed by atoms with Crippen molar-refractivity contribution >= 4 is 11.6 Å². The first-order valence-electron chi connectivity index (χ1n) is 8.40. The topological polar surface area (TPSA) is 59.0 Å². The maximum absolute atomic E-state index is 12.7. The molecule has 1 amide bonds. The van der Waals surface area contributed by atoms with E-state index < -0.39 is 6.10 Å². The van der Waals surface area contributed by atoms with Gasteiger partial charge in [0.05, 0.1) is 18.9 Å². The normalized spacial score (nSPS) is 17.2. The molecule has 1 N–H and O–H groups in total.